The molecule has 1 unspecified atom stereocenters. The van der Waals surface area contributed by atoms with Crippen LogP contribution >= 0.6 is 0 Å². The van der Waals surface area contributed by atoms with Crippen molar-refractivity contribution < 1.29 is 9.18 Å². The minimum Gasteiger partial charge on any atom is -0.342 e. The van der Waals surface area contributed by atoms with Crippen molar-refractivity contribution >= 4 is 5.91 Å². The first-order chi connectivity index (χ1) is 11.2. The van der Waals surface area contributed by atoms with E-state index in [1.807, 2.05) is 9.47 Å². The molecule has 1 atom stereocenters. The molecular formula is C17H21FN4O. The minimum atomic E-state index is -0.280. The van der Waals surface area contributed by atoms with Gasteiger partial charge in [-0.05, 0) is 37.5 Å². The lowest BCUT2D eigenvalue weighted by Crippen LogP contribution is -2.40. The molecule has 1 aliphatic heterocycles. The molecule has 1 saturated heterocycles. The van der Waals surface area contributed by atoms with Crippen LogP contribution in [0.4, 0.5) is 4.39 Å². The second kappa shape index (κ2) is 6.89. The van der Waals surface area contributed by atoms with E-state index in [4.69, 9.17) is 0 Å². The van der Waals surface area contributed by atoms with Gasteiger partial charge in [0.2, 0.25) is 5.91 Å². The van der Waals surface area contributed by atoms with Crippen molar-refractivity contribution in [1.82, 2.24) is 19.7 Å². The van der Waals surface area contributed by atoms with Gasteiger partial charge in [-0.2, -0.15) is 0 Å². The van der Waals surface area contributed by atoms with Gasteiger partial charge in [-0.1, -0.05) is 12.1 Å². The van der Waals surface area contributed by atoms with Crippen molar-refractivity contribution in [3.8, 4) is 0 Å². The Morgan fingerprint density at radius 1 is 1.35 bits per heavy atom. The first-order valence-electron chi connectivity index (χ1n) is 8.07. The number of benzene rings is 1. The van der Waals surface area contributed by atoms with Crippen molar-refractivity contribution in [3.63, 3.8) is 0 Å². The largest absolute Gasteiger partial charge is 0.342 e. The molecule has 0 aliphatic carbocycles. The lowest BCUT2D eigenvalue weighted by atomic mass is 9.96. The van der Waals surface area contributed by atoms with Crippen molar-refractivity contribution in [3.05, 3.63) is 47.8 Å². The number of hydrogen-bond acceptors (Lipinski definition) is 3. The van der Waals surface area contributed by atoms with E-state index in [1.54, 1.807) is 18.5 Å². The Hall–Kier alpha value is -2.24. The summed E-state index contributed by atoms with van der Waals surface area (Å²) in [4.78, 5) is 14.4. The molecule has 0 spiro atoms. The van der Waals surface area contributed by atoms with E-state index in [0.717, 1.165) is 37.3 Å². The van der Waals surface area contributed by atoms with E-state index in [9.17, 15) is 9.18 Å². The number of likely N-dealkylation sites (tertiary alicyclic amines) is 1. The number of aryl methyl sites for hydroxylation is 1. The quantitative estimate of drug-likeness (QED) is 0.870. The number of carbonyl (C=O) groups excluding carboxylic acids is 1. The van der Waals surface area contributed by atoms with Crippen LogP contribution in [-0.4, -0.2) is 38.7 Å². The number of hydrogen-bond donors (Lipinski definition) is 0. The molecule has 0 radical (unpaired) electrons. The van der Waals surface area contributed by atoms with Gasteiger partial charge in [-0.25, -0.2) is 4.39 Å². The summed E-state index contributed by atoms with van der Waals surface area (Å²) in [5.41, 5.74) is 0.843. The number of amides is 1. The second-order valence-electron chi connectivity index (χ2n) is 5.96. The Labute approximate surface area is 135 Å². The van der Waals surface area contributed by atoms with Crippen LogP contribution in [0, 0.1) is 5.82 Å². The van der Waals surface area contributed by atoms with Crippen molar-refractivity contribution in [2.45, 2.75) is 38.6 Å². The first kappa shape index (κ1) is 15.6. The summed E-state index contributed by atoms with van der Waals surface area (Å²) in [6.45, 7) is 4.35. The van der Waals surface area contributed by atoms with Crippen molar-refractivity contribution in [1.29, 1.82) is 0 Å². The molecule has 6 heteroatoms. The van der Waals surface area contributed by atoms with Crippen LogP contribution in [0.2, 0.25) is 0 Å². The fourth-order valence-electron chi connectivity index (χ4n) is 3.13. The molecule has 23 heavy (non-hydrogen) atoms. The van der Waals surface area contributed by atoms with E-state index in [-0.39, 0.29) is 17.6 Å². The summed E-state index contributed by atoms with van der Waals surface area (Å²) in [5, 5.41) is 8.22. The van der Waals surface area contributed by atoms with Gasteiger partial charge in [0.15, 0.2) is 0 Å². The number of piperidine rings is 1. The van der Waals surface area contributed by atoms with E-state index in [0.29, 0.717) is 13.0 Å². The van der Waals surface area contributed by atoms with Gasteiger partial charge < -0.3 is 9.47 Å². The fraction of sp³-hybridized carbons (Fsp3) is 0.471. The summed E-state index contributed by atoms with van der Waals surface area (Å²) in [6.07, 6.45) is 4.05. The van der Waals surface area contributed by atoms with Gasteiger partial charge in [0, 0.05) is 25.6 Å². The molecule has 5 nitrogen and oxygen atoms in total. The number of nitrogens with zero attached hydrogens (tertiary/aromatic N) is 4. The summed E-state index contributed by atoms with van der Waals surface area (Å²) in [7, 11) is 0. The predicted octanol–water partition coefficient (Wildman–Crippen LogP) is 2.39. The number of carbonyl (C=O) groups is 1. The van der Waals surface area contributed by atoms with Crippen LogP contribution in [-0.2, 0) is 17.8 Å². The van der Waals surface area contributed by atoms with Crippen LogP contribution in [0.3, 0.4) is 0 Å². The molecule has 1 aromatic heterocycles. The van der Waals surface area contributed by atoms with E-state index in [1.165, 1.54) is 12.1 Å². The number of halogens is 1. The molecule has 1 amide bonds. The standard InChI is InChI=1S/C17H21FN4O/c1-2-21-12-19-20-17(21)14-4-3-9-22(11-14)16(23)10-13-5-7-15(18)8-6-13/h5-8,12,14H,2-4,9-11H2,1H3. The Morgan fingerprint density at radius 3 is 2.87 bits per heavy atom. The van der Waals surface area contributed by atoms with Gasteiger partial charge in [0.25, 0.3) is 0 Å². The van der Waals surface area contributed by atoms with Gasteiger partial charge in [0.1, 0.15) is 18.0 Å². The van der Waals surface area contributed by atoms with Crippen LogP contribution in [0.1, 0.15) is 37.1 Å². The van der Waals surface area contributed by atoms with Crippen molar-refractivity contribution in [2.24, 2.45) is 0 Å². The molecule has 2 heterocycles. The molecular weight excluding hydrogens is 295 g/mol. The van der Waals surface area contributed by atoms with Crippen LogP contribution in [0.25, 0.3) is 0 Å². The van der Waals surface area contributed by atoms with E-state index in [2.05, 4.69) is 17.1 Å². The average molecular weight is 316 g/mol. The highest BCUT2D eigenvalue weighted by molar-refractivity contribution is 5.78. The zero-order chi connectivity index (χ0) is 16.2. The molecule has 1 aliphatic rings. The molecule has 1 fully saturated rings. The second-order valence-corrected chi connectivity index (χ2v) is 5.96. The molecule has 122 valence electrons. The summed E-state index contributed by atoms with van der Waals surface area (Å²) < 4.78 is 15.0. The van der Waals surface area contributed by atoms with Gasteiger partial charge in [-0.15, -0.1) is 10.2 Å². The highest BCUT2D eigenvalue weighted by Crippen LogP contribution is 2.25. The predicted molar refractivity (Wildman–Crippen MR) is 84.4 cm³/mol. The highest BCUT2D eigenvalue weighted by Gasteiger charge is 2.27. The number of aromatic nitrogens is 3. The van der Waals surface area contributed by atoms with Crippen molar-refractivity contribution in [2.75, 3.05) is 13.1 Å². The number of rotatable bonds is 4. The SMILES string of the molecule is CCn1cnnc1C1CCCN(C(=O)Cc2ccc(F)cc2)C1. The third kappa shape index (κ3) is 3.57. The molecule has 0 bridgehead atoms. The maximum atomic E-state index is 12.9. The molecule has 1 aromatic carbocycles. The van der Waals surface area contributed by atoms with Gasteiger partial charge >= 0.3 is 0 Å². The Bertz CT molecular complexity index is 667. The topological polar surface area (TPSA) is 51.0 Å². The molecule has 0 saturated carbocycles. The zero-order valence-corrected chi connectivity index (χ0v) is 13.3. The summed E-state index contributed by atoms with van der Waals surface area (Å²) >= 11 is 0. The normalized spacial score (nSPS) is 18.2. The molecule has 0 N–H and O–H groups in total. The lowest BCUT2D eigenvalue weighted by molar-refractivity contribution is -0.131. The first-order valence-corrected chi connectivity index (χ1v) is 8.07. The van der Waals surface area contributed by atoms with E-state index < -0.39 is 0 Å². The average Bonchev–Trinajstić information content (AvgIpc) is 3.06. The lowest BCUT2D eigenvalue weighted by Gasteiger charge is -2.32. The Morgan fingerprint density at radius 2 is 2.13 bits per heavy atom. The fourth-order valence-corrected chi connectivity index (χ4v) is 3.13. The van der Waals surface area contributed by atoms with E-state index >= 15 is 0 Å². The van der Waals surface area contributed by atoms with Gasteiger partial charge in [-0.3, -0.25) is 4.79 Å². The maximum Gasteiger partial charge on any atom is 0.227 e. The van der Waals surface area contributed by atoms with Crippen LogP contribution in [0.5, 0.6) is 0 Å². The Balaban J connectivity index is 1.66. The Kier molecular flexibility index (Phi) is 4.69. The molecule has 3 rings (SSSR count). The third-order valence-electron chi connectivity index (χ3n) is 4.39. The summed E-state index contributed by atoms with van der Waals surface area (Å²) in [5.74, 6) is 1.01. The third-order valence-corrected chi connectivity index (χ3v) is 4.39. The maximum absolute atomic E-state index is 12.9. The minimum absolute atomic E-state index is 0.0869. The summed E-state index contributed by atoms with van der Waals surface area (Å²) in [6, 6.07) is 6.13. The zero-order valence-electron chi connectivity index (χ0n) is 13.3. The highest BCUT2D eigenvalue weighted by atomic mass is 19.1. The molecule has 2 aromatic rings. The smallest absolute Gasteiger partial charge is 0.227 e. The van der Waals surface area contributed by atoms with Crippen LogP contribution < -0.4 is 0 Å². The van der Waals surface area contributed by atoms with Gasteiger partial charge in [0.05, 0.1) is 6.42 Å². The monoisotopic (exact) mass is 316 g/mol. The van der Waals surface area contributed by atoms with Crippen LogP contribution in [0.15, 0.2) is 30.6 Å².